The fourth-order valence-electron chi connectivity index (χ4n) is 3.37. The van der Waals surface area contributed by atoms with E-state index in [1.54, 1.807) is 20.7 Å². The van der Waals surface area contributed by atoms with Gasteiger partial charge in [0.1, 0.15) is 4.88 Å². The van der Waals surface area contributed by atoms with E-state index in [1.807, 2.05) is 0 Å². The maximum atomic E-state index is 13.0. The smallest absolute Gasteiger partial charge is 0.345 e. The summed E-state index contributed by atoms with van der Waals surface area (Å²) in [4.78, 5) is 12.2. The van der Waals surface area contributed by atoms with Gasteiger partial charge in [-0.1, -0.05) is 12.8 Å². The van der Waals surface area contributed by atoms with Crippen LogP contribution in [0.4, 0.5) is 0 Å². The van der Waals surface area contributed by atoms with E-state index in [9.17, 15) is 13.2 Å². The number of carbonyl (C=O) groups is 1. The molecule has 0 radical (unpaired) electrons. The van der Waals surface area contributed by atoms with E-state index < -0.39 is 16.2 Å². The van der Waals surface area contributed by atoms with Gasteiger partial charge in [-0.2, -0.15) is 17.0 Å². The minimum Gasteiger partial charge on any atom is -0.477 e. The van der Waals surface area contributed by atoms with Gasteiger partial charge in [0.05, 0.1) is 6.04 Å². The molecule has 1 unspecified atom stereocenters. The number of nitrogens with zero attached hydrogens (tertiary/aromatic N) is 2. The fourth-order valence-corrected chi connectivity index (χ4v) is 6.35. The van der Waals surface area contributed by atoms with E-state index in [1.165, 1.54) is 11.3 Å². The molecule has 1 aromatic rings. The molecule has 3 heterocycles. The number of rotatable bonds is 4. The summed E-state index contributed by atoms with van der Waals surface area (Å²) in [5.74, 6) is -0.957. The molecule has 0 saturated carbocycles. The molecule has 0 aromatic carbocycles. The van der Waals surface area contributed by atoms with Crippen molar-refractivity contribution in [1.29, 1.82) is 0 Å². The molecular weight excluding hydrogens is 336 g/mol. The normalized spacial score (nSPS) is 24.6. The quantitative estimate of drug-likeness (QED) is 0.898. The summed E-state index contributed by atoms with van der Waals surface area (Å²) in [6.07, 6.45) is 5.58. The largest absolute Gasteiger partial charge is 0.477 e. The lowest BCUT2D eigenvalue weighted by Gasteiger charge is -2.30. The van der Waals surface area contributed by atoms with Gasteiger partial charge in [-0.15, -0.1) is 11.3 Å². The molecule has 128 valence electrons. The Bertz CT molecular complexity index is 663. The van der Waals surface area contributed by atoms with Crippen LogP contribution in [-0.2, 0) is 10.2 Å². The van der Waals surface area contributed by atoms with E-state index in [-0.39, 0.29) is 10.9 Å². The standard InChI is InChI=1S/C15H22N2O4S2/c18-15(19)14-8-7-13(22-14)12-6-5-11-17(12)23(20,21)16-9-3-1-2-4-10-16/h7-8,12H,1-6,9-11H2,(H,18,19). The Morgan fingerprint density at radius 1 is 1.09 bits per heavy atom. The lowest BCUT2D eigenvalue weighted by atomic mass is 10.2. The Labute approximate surface area is 140 Å². The van der Waals surface area contributed by atoms with E-state index >= 15 is 0 Å². The monoisotopic (exact) mass is 358 g/mol. The molecule has 2 aliphatic heterocycles. The number of hydrogen-bond donors (Lipinski definition) is 1. The number of hydrogen-bond acceptors (Lipinski definition) is 4. The van der Waals surface area contributed by atoms with E-state index in [0.29, 0.717) is 19.6 Å². The number of carboxylic acids is 1. The van der Waals surface area contributed by atoms with Crippen molar-refractivity contribution in [3.05, 3.63) is 21.9 Å². The summed E-state index contributed by atoms with van der Waals surface area (Å²) in [6, 6.07) is 3.10. The van der Waals surface area contributed by atoms with Crippen LogP contribution in [0.25, 0.3) is 0 Å². The van der Waals surface area contributed by atoms with Gasteiger partial charge in [0.25, 0.3) is 10.2 Å². The summed E-state index contributed by atoms with van der Waals surface area (Å²) in [7, 11) is -3.47. The van der Waals surface area contributed by atoms with Crippen LogP contribution in [0.2, 0.25) is 0 Å². The van der Waals surface area contributed by atoms with Gasteiger partial charge in [0.2, 0.25) is 0 Å². The highest BCUT2D eigenvalue weighted by atomic mass is 32.2. The molecule has 23 heavy (non-hydrogen) atoms. The average Bonchev–Trinajstić information content (AvgIpc) is 3.10. The topological polar surface area (TPSA) is 77.9 Å². The van der Waals surface area contributed by atoms with Gasteiger partial charge in [0.15, 0.2) is 0 Å². The maximum absolute atomic E-state index is 13.0. The Hall–Kier alpha value is -0.960. The predicted molar refractivity (Wildman–Crippen MR) is 88.9 cm³/mol. The van der Waals surface area contributed by atoms with Gasteiger partial charge in [-0.3, -0.25) is 0 Å². The molecule has 1 aromatic heterocycles. The zero-order valence-electron chi connectivity index (χ0n) is 13.0. The SMILES string of the molecule is O=C(O)c1ccc(C2CCCN2S(=O)(=O)N2CCCCCC2)s1. The third-order valence-corrected chi connectivity index (χ3v) is 7.78. The molecule has 1 atom stereocenters. The van der Waals surface area contributed by atoms with Crippen molar-refractivity contribution < 1.29 is 18.3 Å². The fraction of sp³-hybridized carbons (Fsp3) is 0.667. The summed E-state index contributed by atoms with van der Waals surface area (Å²) < 4.78 is 29.2. The highest BCUT2D eigenvalue weighted by Gasteiger charge is 2.39. The third kappa shape index (κ3) is 3.45. The van der Waals surface area contributed by atoms with Crippen LogP contribution in [0, 0.1) is 0 Å². The predicted octanol–water partition coefficient (Wildman–Crippen LogP) is 2.70. The summed E-state index contributed by atoms with van der Waals surface area (Å²) in [5, 5.41) is 9.07. The number of carboxylic acid groups (broad SMARTS) is 1. The molecule has 0 bridgehead atoms. The van der Waals surface area contributed by atoms with Crippen LogP contribution in [0.15, 0.2) is 12.1 Å². The Balaban J connectivity index is 1.83. The molecular formula is C15H22N2O4S2. The van der Waals surface area contributed by atoms with Crippen molar-refractivity contribution in [3.8, 4) is 0 Å². The molecule has 2 aliphatic rings. The van der Waals surface area contributed by atoms with Gasteiger partial charge >= 0.3 is 5.97 Å². The lowest BCUT2D eigenvalue weighted by Crippen LogP contribution is -2.43. The van der Waals surface area contributed by atoms with Crippen LogP contribution in [0.1, 0.15) is 59.1 Å². The van der Waals surface area contributed by atoms with E-state index in [2.05, 4.69) is 0 Å². The van der Waals surface area contributed by atoms with Gasteiger partial charge in [-0.05, 0) is 37.8 Å². The number of thiophene rings is 1. The van der Waals surface area contributed by atoms with Gasteiger partial charge in [0, 0.05) is 24.5 Å². The Kier molecular flexibility index (Phi) is 5.05. The van der Waals surface area contributed by atoms with Crippen LogP contribution in [-0.4, -0.2) is 47.7 Å². The zero-order chi connectivity index (χ0) is 16.4. The van der Waals surface area contributed by atoms with Crippen molar-refractivity contribution in [3.63, 3.8) is 0 Å². The van der Waals surface area contributed by atoms with E-state index in [4.69, 9.17) is 5.11 Å². The van der Waals surface area contributed by atoms with Crippen LogP contribution in [0.5, 0.6) is 0 Å². The number of aromatic carboxylic acids is 1. The van der Waals surface area contributed by atoms with Crippen molar-refractivity contribution in [2.75, 3.05) is 19.6 Å². The molecule has 8 heteroatoms. The van der Waals surface area contributed by atoms with Crippen molar-refractivity contribution in [2.24, 2.45) is 0 Å². The highest BCUT2D eigenvalue weighted by Crippen LogP contribution is 2.38. The van der Waals surface area contributed by atoms with Crippen molar-refractivity contribution in [2.45, 2.75) is 44.6 Å². The molecule has 2 fully saturated rings. The van der Waals surface area contributed by atoms with Gasteiger partial charge in [-0.25, -0.2) is 4.79 Å². The lowest BCUT2D eigenvalue weighted by molar-refractivity contribution is 0.0702. The first kappa shape index (κ1) is 16.9. The van der Waals surface area contributed by atoms with Crippen molar-refractivity contribution in [1.82, 2.24) is 8.61 Å². The first-order chi connectivity index (χ1) is 11.0. The van der Waals surface area contributed by atoms with Gasteiger partial charge < -0.3 is 5.11 Å². The molecule has 0 spiro atoms. The summed E-state index contributed by atoms with van der Waals surface area (Å²) in [6.45, 7) is 1.70. The highest BCUT2D eigenvalue weighted by molar-refractivity contribution is 7.86. The first-order valence-electron chi connectivity index (χ1n) is 8.10. The van der Waals surface area contributed by atoms with E-state index in [0.717, 1.165) is 43.4 Å². The Morgan fingerprint density at radius 3 is 2.39 bits per heavy atom. The third-order valence-electron chi connectivity index (χ3n) is 4.56. The minimum absolute atomic E-state index is 0.221. The molecule has 0 amide bonds. The first-order valence-corrected chi connectivity index (χ1v) is 10.3. The maximum Gasteiger partial charge on any atom is 0.345 e. The zero-order valence-corrected chi connectivity index (χ0v) is 14.6. The van der Waals surface area contributed by atoms with Crippen LogP contribution >= 0.6 is 11.3 Å². The Morgan fingerprint density at radius 2 is 1.78 bits per heavy atom. The molecule has 0 aliphatic carbocycles. The summed E-state index contributed by atoms with van der Waals surface area (Å²) >= 11 is 1.18. The second-order valence-electron chi connectivity index (χ2n) is 6.10. The second-order valence-corrected chi connectivity index (χ2v) is 9.09. The molecule has 1 N–H and O–H groups in total. The van der Waals surface area contributed by atoms with Crippen molar-refractivity contribution >= 4 is 27.5 Å². The summed E-state index contributed by atoms with van der Waals surface area (Å²) in [5.41, 5.74) is 0. The second kappa shape index (κ2) is 6.88. The minimum atomic E-state index is -3.47. The van der Waals surface area contributed by atoms with Crippen LogP contribution in [0.3, 0.4) is 0 Å². The average molecular weight is 358 g/mol. The molecule has 2 saturated heterocycles. The molecule has 3 rings (SSSR count). The van der Waals surface area contributed by atoms with Crippen LogP contribution < -0.4 is 0 Å². The molecule has 6 nitrogen and oxygen atoms in total.